The van der Waals surface area contributed by atoms with E-state index in [-0.39, 0.29) is 12.6 Å². The molecule has 0 saturated carbocycles. The van der Waals surface area contributed by atoms with Crippen LogP contribution in [0.5, 0.6) is 0 Å². The molecular weight excluding hydrogens is 266 g/mol. The van der Waals surface area contributed by atoms with E-state index in [9.17, 15) is 9.59 Å². The molecule has 20 heavy (non-hydrogen) atoms. The Morgan fingerprint density at radius 3 is 2.05 bits per heavy atom. The second-order valence-electron chi connectivity index (χ2n) is 4.99. The molecule has 0 aliphatic heterocycles. The summed E-state index contributed by atoms with van der Waals surface area (Å²) in [5, 5.41) is 2.58. The van der Waals surface area contributed by atoms with Crippen molar-refractivity contribution >= 4 is 12.1 Å². The lowest BCUT2D eigenvalue weighted by Gasteiger charge is -2.19. The van der Waals surface area contributed by atoms with E-state index in [1.807, 2.05) is 0 Å². The molecule has 0 bridgehead atoms. The van der Waals surface area contributed by atoms with Crippen LogP contribution in [0.25, 0.3) is 0 Å². The third-order valence-corrected chi connectivity index (χ3v) is 1.82. The Hall–Kier alpha value is -1.34. The first-order valence-corrected chi connectivity index (χ1v) is 6.57. The zero-order valence-electron chi connectivity index (χ0n) is 12.7. The van der Waals surface area contributed by atoms with Gasteiger partial charge in [-0.15, -0.1) is 0 Å². The van der Waals surface area contributed by atoms with E-state index in [0.717, 1.165) is 0 Å². The molecule has 0 aliphatic carbocycles. The average molecular weight is 291 g/mol. The summed E-state index contributed by atoms with van der Waals surface area (Å²) in [6, 6.07) is 0. The minimum absolute atomic E-state index is 0.246. The normalized spacial score (nSPS) is 11.0. The molecule has 0 aliphatic rings. The van der Waals surface area contributed by atoms with Crippen LogP contribution in [-0.4, -0.2) is 57.2 Å². The molecule has 7 heteroatoms. The lowest BCUT2D eigenvalue weighted by Crippen LogP contribution is -2.34. The number of nitrogens with one attached hydrogen (secondary N) is 1. The molecule has 0 atom stereocenters. The molecule has 0 heterocycles. The first-order valence-electron chi connectivity index (χ1n) is 6.57. The summed E-state index contributed by atoms with van der Waals surface area (Å²) in [6.07, 6.45) is -0.460. The van der Waals surface area contributed by atoms with Crippen molar-refractivity contribution in [3.63, 3.8) is 0 Å². The van der Waals surface area contributed by atoms with Crippen LogP contribution in [0.4, 0.5) is 4.79 Å². The Morgan fingerprint density at radius 2 is 1.50 bits per heavy atom. The summed E-state index contributed by atoms with van der Waals surface area (Å²) < 4.78 is 20.1. The maximum atomic E-state index is 11.3. The van der Waals surface area contributed by atoms with E-state index >= 15 is 0 Å². The second kappa shape index (κ2) is 10.4. The zero-order valence-corrected chi connectivity index (χ0v) is 12.7. The van der Waals surface area contributed by atoms with Crippen molar-refractivity contribution in [2.75, 3.05) is 39.6 Å². The van der Waals surface area contributed by atoms with Gasteiger partial charge in [-0.1, -0.05) is 0 Å². The maximum Gasteiger partial charge on any atom is 0.407 e. The zero-order chi connectivity index (χ0) is 15.4. The quantitative estimate of drug-likeness (QED) is 0.506. The first kappa shape index (κ1) is 18.7. The van der Waals surface area contributed by atoms with Crippen LogP contribution >= 0.6 is 0 Å². The van der Waals surface area contributed by atoms with Gasteiger partial charge in [0.1, 0.15) is 12.2 Å². The predicted octanol–water partition coefficient (Wildman–Crippen LogP) is 1.11. The van der Waals surface area contributed by atoms with Gasteiger partial charge in [-0.05, 0) is 20.8 Å². The fraction of sp³-hybridized carbons (Fsp3) is 0.846. The fourth-order valence-electron chi connectivity index (χ4n) is 1.11. The molecule has 118 valence electrons. The van der Waals surface area contributed by atoms with Crippen LogP contribution in [0.1, 0.15) is 27.7 Å². The molecule has 0 aromatic carbocycles. The average Bonchev–Trinajstić information content (AvgIpc) is 2.28. The first-order chi connectivity index (χ1) is 9.31. The number of ether oxygens (including phenoxy) is 4. The third kappa shape index (κ3) is 14.7. The molecule has 0 aromatic heterocycles. The van der Waals surface area contributed by atoms with Crippen molar-refractivity contribution in [1.29, 1.82) is 0 Å². The minimum Gasteiger partial charge on any atom is -0.463 e. The maximum absolute atomic E-state index is 11.3. The second-order valence-corrected chi connectivity index (χ2v) is 4.99. The van der Waals surface area contributed by atoms with Gasteiger partial charge in [-0.2, -0.15) is 0 Å². The van der Waals surface area contributed by atoms with Crippen molar-refractivity contribution in [1.82, 2.24) is 5.32 Å². The molecule has 0 aromatic rings. The van der Waals surface area contributed by atoms with Gasteiger partial charge in [-0.25, -0.2) is 4.79 Å². The molecular formula is C13H25NO6. The van der Waals surface area contributed by atoms with Crippen LogP contribution in [-0.2, 0) is 23.7 Å². The highest BCUT2D eigenvalue weighted by atomic mass is 16.6. The molecule has 1 N–H and O–H groups in total. The summed E-state index contributed by atoms with van der Waals surface area (Å²) in [4.78, 5) is 21.7. The topological polar surface area (TPSA) is 83.1 Å². The highest BCUT2D eigenvalue weighted by Gasteiger charge is 2.15. The molecule has 0 saturated heterocycles. The lowest BCUT2D eigenvalue weighted by atomic mass is 10.2. The number of alkyl carbamates (subject to hydrolysis) is 1. The van der Waals surface area contributed by atoms with Gasteiger partial charge in [-0.3, -0.25) is 4.79 Å². The van der Waals surface area contributed by atoms with Crippen molar-refractivity contribution in [3.05, 3.63) is 0 Å². The standard InChI is InChI=1S/C13H25NO6/c1-11(15)19-10-9-18-8-7-17-6-5-14-12(16)20-13(2,3)4/h5-10H2,1-4H3,(H,14,16). The summed E-state index contributed by atoms with van der Waals surface area (Å²) in [6.45, 7) is 8.93. The third-order valence-electron chi connectivity index (χ3n) is 1.82. The van der Waals surface area contributed by atoms with Gasteiger partial charge in [0.25, 0.3) is 0 Å². The summed E-state index contributed by atoms with van der Waals surface area (Å²) in [7, 11) is 0. The Morgan fingerprint density at radius 1 is 0.950 bits per heavy atom. The van der Waals surface area contributed by atoms with Crippen LogP contribution < -0.4 is 5.32 Å². The Kier molecular flexibility index (Phi) is 9.75. The summed E-state index contributed by atoms with van der Waals surface area (Å²) >= 11 is 0. The Balaban J connectivity index is 3.25. The highest BCUT2D eigenvalue weighted by Crippen LogP contribution is 2.05. The van der Waals surface area contributed by atoms with Crippen molar-refractivity contribution in [2.45, 2.75) is 33.3 Å². The number of esters is 1. The number of hydrogen-bond acceptors (Lipinski definition) is 6. The predicted molar refractivity (Wildman–Crippen MR) is 72.5 cm³/mol. The molecule has 0 fully saturated rings. The van der Waals surface area contributed by atoms with E-state index < -0.39 is 11.7 Å². The van der Waals surface area contributed by atoms with Crippen molar-refractivity contribution < 1.29 is 28.5 Å². The van der Waals surface area contributed by atoms with Gasteiger partial charge >= 0.3 is 12.1 Å². The van der Waals surface area contributed by atoms with Gasteiger partial charge in [0.15, 0.2) is 0 Å². The van der Waals surface area contributed by atoms with Crippen molar-refractivity contribution in [3.8, 4) is 0 Å². The molecule has 0 unspecified atom stereocenters. The number of carbonyl (C=O) groups is 2. The summed E-state index contributed by atoms with van der Waals surface area (Å²) in [5.41, 5.74) is -0.499. The monoisotopic (exact) mass is 291 g/mol. The van der Waals surface area contributed by atoms with E-state index in [1.165, 1.54) is 6.92 Å². The Labute approximate surface area is 119 Å². The molecule has 0 radical (unpaired) electrons. The van der Waals surface area contributed by atoms with Gasteiger partial charge in [0, 0.05) is 13.5 Å². The van der Waals surface area contributed by atoms with Crippen LogP contribution in [0, 0.1) is 0 Å². The van der Waals surface area contributed by atoms with E-state index in [0.29, 0.717) is 33.0 Å². The van der Waals surface area contributed by atoms with Gasteiger partial charge in [0.05, 0.1) is 26.4 Å². The van der Waals surface area contributed by atoms with Crippen LogP contribution in [0.3, 0.4) is 0 Å². The van der Waals surface area contributed by atoms with Gasteiger partial charge < -0.3 is 24.3 Å². The number of rotatable bonds is 9. The highest BCUT2D eigenvalue weighted by molar-refractivity contribution is 5.67. The smallest absolute Gasteiger partial charge is 0.407 e. The largest absolute Gasteiger partial charge is 0.463 e. The molecule has 1 amide bonds. The molecule has 7 nitrogen and oxygen atoms in total. The van der Waals surface area contributed by atoms with Crippen LogP contribution in [0.15, 0.2) is 0 Å². The van der Waals surface area contributed by atoms with Gasteiger partial charge in [0.2, 0.25) is 0 Å². The Bertz CT molecular complexity index is 287. The fourth-order valence-corrected chi connectivity index (χ4v) is 1.11. The number of hydrogen-bond donors (Lipinski definition) is 1. The van der Waals surface area contributed by atoms with E-state index in [4.69, 9.17) is 14.2 Å². The number of amides is 1. The minimum atomic E-state index is -0.499. The SMILES string of the molecule is CC(=O)OCCOCCOCCNC(=O)OC(C)(C)C. The van der Waals surface area contributed by atoms with Crippen molar-refractivity contribution in [2.24, 2.45) is 0 Å². The van der Waals surface area contributed by atoms with Crippen LogP contribution in [0.2, 0.25) is 0 Å². The van der Waals surface area contributed by atoms with E-state index in [2.05, 4.69) is 10.1 Å². The molecule has 0 spiro atoms. The van der Waals surface area contributed by atoms with E-state index in [1.54, 1.807) is 20.8 Å². The molecule has 0 rings (SSSR count). The lowest BCUT2D eigenvalue weighted by molar-refractivity contribution is -0.142. The number of carbonyl (C=O) groups excluding carboxylic acids is 2. The summed E-state index contributed by atoms with van der Waals surface area (Å²) in [5.74, 6) is -0.321.